The first-order chi connectivity index (χ1) is 6.34. The van der Waals surface area contributed by atoms with E-state index in [1.54, 1.807) is 0 Å². The van der Waals surface area contributed by atoms with E-state index in [1.165, 1.54) is 6.92 Å². The predicted octanol–water partition coefficient (Wildman–Crippen LogP) is -0.370. The van der Waals surface area contributed by atoms with Crippen molar-refractivity contribution in [2.75, 3.05) is 0 Å². The summed E-state index contributed by atoms with van der Waals surface area (Å²) in [7, 11) is 0. The van der Waals surface area contributed by atoms with Gasteiger partial charge < -0.3 is 10.2 Å². The van der Waals surface area contributed by atoms with Gasteiger partial charge in [-0.15, -0.1) is 0 Å². The standard InChI is InChI=1S/C8H8O6/c1-4(7(11)12)2-5(9)3-6(10)8(13)14/h2H,3H2,1H3,(H,11,12)(H,13,14)/b4-2-. The van der Waals surface area contributed by atoms with Gasteiger partial charge in [0.25, 0.3) is 0 Å². The maximum atomic E-state index is 10.8. The SMILES string of the molecule is C/C(=C/C(=O)CC(=O)C(=O)O)C(=O)O. The molecule has 6 nitrogen and oxygen atoms in total. The molecule has 14 heavy (non-hydrogen) atoms. The maximum absolute atomic E-state index is 10.8. The van der Waals surface area contributed by atoms with Crippen LogP contribution in [0, 0.1) is 0 Å². The molecule has 0 saturated carbocycles. The molecule has 0 aliphatic heterocycles. The molecule has 76 valence electrons. The van der Waals surface area contributed by atoms with Crippen LogP contribution in [-0.2, 0) is 19.2 Å². The van der Waals surface area contributed by atoms with Gasteiger partial charge in [-0.3, -0.25) is 9.59 Å². The van der Waals surface area contributed by atoms with Crippen molar-refractivity contribution in [2.45, 2.75) is 13.3 Å². The average Bonchev–Trinajstić information content (AvgIpc) is 2.03. The quantitative estimate of drug-likeness (QED) is 0.356. The third-order valence-corrected chi connectivity index (χ3v) is 1.29. The lowest BCUT2D eigenvalue weighted by atomic mass is 10.1. The topological polar surface area (TPSA) is 109 Å². The minimum Gasteiger partial charge on any atom is -0.478 e. The zero-order chi connectivity index (χ0) is 11.3. The van der Waals surface area contributed by atoms with E-state index >= 15 is 0 Å². The number of rotatable bonds is 5. The lowest BCUT2D eigenvalue weighted by molar-refractivity contribution is -0.149. The largest absolute Gasteiger partial charge is 0.478 e. The Kier molecular flexibility index (Phi) is 4.21. The molecule has 0 radical (unpaired) electrons. The van der Waals surface area contributed by atoms with Gasteiger partial charge in [-0.05, 0) is 13.0 Å². The van der Waals surface area contributed by atoms with E-state index in [9.17, 15) is 19.2 Å². The number of aliphatic carboxylic acids is 2. The molecule has 0 heterocycles. The zero-order valence-electron chi connectivity index (χ0n) is 7.31. The second-order valence-electron chi connectivity index (χ2n) is 2.50. The smallest absolute Gasteiger partial charge is 0.372 e. The van der Waals surface area contributed by atoms with Crippen molar-refractivity contribution in [3.8, 4) is 0 Å². The van der Waals surface area contributed by atoms with Gasteiger partial charge in [-0.1, -0.05) is 0 Å². The molecular weight excluding hydrogens is 192 g/mol. The molecule has 0 aromatic carbocycles. The van der Waals surface area contributed by atoms with Gasteiger partial charge in [0, 0.05) is 5.57 Å². The number of Topliss-reactive ketones (excluding diaryl/α,β-unsaturated/α-hetero) is 1. The highest BCUT2D eigenvalue weighted by atomic mass is 16.4. The van der Waals surface area contributed by atoms with Crippen molar-refractivity contribution in [3.63, 3.8) is 0 Å². The number of ketones is 2. The van der Waals surface area contributed by atoms with Crippen LogP contribution in [0.5, 0.6) is 0 Å². The zero-order valence-corrected chi connectivity index (χ0v) is 7.31. The van der Waals surface area contributed by atoms with Crippen molar-refractivity contribution in [2.24, 2.45) is 0 Å². The summed E-state index contributed by atoms with van der Waals surface area (Å²) in [5, 5.41) is 16.5. The number of hydrogen-bond acceptors (Lipinski definition) is 4. The molecule has 0 saturated heterocycles. The van der Waals surface area contributed by atoms with E-state index in [2.05, 4.69) is 0 Å². The summed E-state index contributed by atoms with van der Waals surface area (Å²) in [5.41, 5.74) is -0.242. The molecule has 0 unspecified atom stereocenters. The van der Waals surface area contributed by atoms with E-state index in [0.717, 1.165) is 6.08 Å². The van der Waals surface area contributed by atoms with Crippen LogP contribution in [0.15, 0.2) is 11.6 Å². The van der Waals surface area contributed by atoms with Crippen LogP contribution in [0.3, 0.4) is 0 Å². The Morgan fingerprint density at radius 2 is 1.57 bits per heavy atom. The van der Waals surface area contributed by atoms with Crippen LogP contribution < -0.4 is 0 Å². The first-order valence-corrected chi connectivity index (χ1v) is 3.55. The minimum absolute atomic E-state index is 0.242. The van der Waals surface area contributed by atoms with Gasteiger partial charge in [0.15, 0.2) is 5.78 Å². The van der Waals surface area contributed by atoms with Crippen LogP contribution >= 0.6 is 0 Å². The third-order valence-electron chi connectivity index (χ3n) is 1.29. The molecule has 0 spiro atoms. The van der Waals surface area contributed by atoms with Crippen LogP contribution in [0.4, 0.5) is 0 Å². The fraction of sp³-hybridized carbons (Fsp3) is 0.250. The van der Waals surface area contributed by atoms with E-state index in [4.69, 9.17) is 10.2 Å². The molecule has 0 aromatic rings. The molecule has 0 bridgehead atoms. The van der Waals surface area contributed by atoms with Gasteiger partial charge >= 0.3 is 11.9 Å². The number of carboxylic acid groups (broad SMARTS) is 2. The summed E-state index contributed by atoms with van der Waals surface area (Å²) < 4.78 is 0. The summed E-state index contributed by atoms with van der Waals surface area (Å²) in [4.78, 5) is 41.6. The first kappa shape index (κ1) is 12.0. The fourth-order valence-electron chi connectivity index (χ4n) is 0.588. The Labute approximate surface area is 78.8 Å². The Balaban J connectivity index is 4.39. The summed E-state index contributed by atoms with van der Waals surface area (Å²) in [6.45, 7) is 1.17. The number of hydrogen-bond donors (Lipinski definition) is 2. The summed E-state index contributed by atoms with van der Waals surface area (Å²) in [5.74, 6) is -5.09. The molecule has 0 amide bonds. The van der Waals surface area contributed by atoms with E-state index in [-0.39, 0.29) is 5.57 Å². The second kappa shape index (κ2) is 4.90. The van der Waals surface area contributed by atoms with Crippen molar-refractivity contribution in [3.05, 3.63) is 11.6 Å². The normalized spacial score (nSPS) is 10.8. The van der Waals surface area contributed by atoms with Crippen molar-refractivity contribution in [1.82, 2.24) is 0 Å². The summed E-state index contributed by atoms with van der Waals surface area (Å²) >= 11 is 0. The van der Waals surface area contributed by atoms with E-state index in [1.807, 2.05) is 0 Å². The van der Waals surface area contributed by atoms with Crippen molar-refractivity contribution in [1.29, 1.82) is 0 Å². The van der Waals surface area contributed by atoms with Gasteiger partial charge in [0.2, 0.25) is 5.78 Å². The summed E-state index contributed by atoms with van der Waals surface area (Å²) in [6.07, 6.45) is -0.0941. The number of carbonyl (C=O) groups excluding carboxylic acids is 2. The molecule has 0 aliphatic carbocycles. The third kappa shape index (κ3) is 4.15. The van der Waals surface area contributed by atoms with Crippen LogP contribution in [0.25, 0.3) is 0 Å². The summed E-state index contributed by atoms with van der Waals surface area (Å²) in [6, 6.07) is 0. The Hall–Kier alpha value is -1.98. The first-order valence-electron chi connectivity index (χ1n) is 3.55. The number of allylic oxidation sites excluding steroid dienone is 1. The highest BCUT2D eigenvalue weighted by Gasteiger charge is 2.15. The van der Waals surface area contributed by atoms with E-state index < -0.39 is 29.9 Å². The number of carboxylic acids is 2. The monoisotopic (exact) mass is 200 g/mol. The highest BCUT2D eigenvalue weighted by molar-refractivity contribution is 6.37. The molecular formula is C8H8O6. The van der Waals surface area contributed by atoms with Crippen LogP contribution in [0.2, 0.25) is 0 Å². The molecule has 2 N–H and O–H groups in total. The molecule has 0 rings (SSSR count). The highest BCUT2D eigenvalue weighted by Crippen LogP contribution is 1.96. The molecule has 6 heteroatoms. The average molecular weight is 200 g/mol. The lowest BCUT2D eigenvalue weighted by Crippen LogP contribution is -2.16. The Morgan fingerprint density at radius 1 is 1.07 bits per heavy atom. The lowest BCUT2D eigenvalue weighted by Gasteiger charge is -1.92. The molecule has 0 aliphatic rings. The molecule has 0 aromatic heterocycles. The predicted molar refractivity (Wildman–Crippen MR) is 43.7 cm³/mol. The van der Waals surface area contributed by atoms with Gasteiger partial charge in [-0.25, -0.2) is 9.59 Å². The van der Waals surface area contributed by atoms with Crippen molar-refractivity contribution < 1.29 is 29.4 Å². The van der Waals surface area contributed by atoms with Crippen LogP contribution in [-0.4, -0.2) is 33.7 Å². The van der Waals surface area contributed by atoms with Crippen molar-refractivity contribution >= 4 is 23.5 Å². The minimum atomic E-state index is -1.71. The fourth-order valence-corrected chi connectivity index (χ4v) is 0.588. The Morgan fingerprint density at radius 3 is 1.93 bits per heavy atom. The maximum Gasteiger partial charge on any atom is 0.372 e. The second-order valence-corrected chi connectivity index (χ2v) is 2.50. The Bertz CT molecular complexity index is 325. The number of carbonyl (C=O) groups is 4. The van der Waals surface area contributed by atoms with Gasteiger partial charge in [0.1, 0.15) is 0 Å². The van der Waals surface area contributed by atoms with Gasteiger partial charge in [0.05, 0.1) is 6.42 Å². The van der Waals surface area contributed by atoms with E-state index in [0.29, 0.717) is 0 Å². The molecule has 0 fully saturated rings. The molecule has 0 atom stereocenters. The van der Waals surface area contributed by atoms with Gasteiger partial charge in [-0.2, -0.15) is 0 Å². The van der Waals surface area contributed by atoms with Crippen LogP contribution in [0.1, 0.15) is 13.3 Å².